The molecule has 1 heterocycles. The van der Waals surface area contributed by atoms with Crippen LogP contribution in [0.15, 0.2) is 60.7 Å². The Morgan fingerprint density at radius 3 is 2.19 bits per heavy atom. The molecule has 26 heavy (non-hydrogen) atoms. The molecule has 0 radical (unpaired) electrons. The molecule has 1 fully saturated rings. The van der Waals surface area contributed by atoms with Crippen LogP contribution in [0, 0.1) is 0 Å². The first-order chi connectivity index (χ1) is 12.5. The Morgan fingerprint density at radius 2 is 1.58 bits per heavy atom. The number of sulfonamides is 1. The van der Waals surface area contributed by atoms with Crippen molar-refractivity contribution in [2.45, 2.75) is 19.2 Å². The summed E-state index contributed by atoms with van der Waals surface area (Å²) < 4.78 is 31.7. The van der Waals surface area contributed by atoms with Gasteiger partial charge in [-0.15, -0.1) is 0 Å². The van der Waals surface area contributed by atoms with Crippen LogP contribution in [0.4, 0.5) is 0 Å². The summed E-state index contributed by atoms with van der Waals surface area (Å²) in [4.78, 5) is 2.30. The Hall–Kier alpha value is -1.73. The molecule has 0 spiro atoms. The van der Waals surface area contributed by atoms with Crippen LogP contribution in [0.1, 0.15) is 11.1 Å². The summed E-state index contributed by atoms with van der Waals surface area (Å²) in [5, 5.41) is 0. The van der Waals surface area contributed by atoms with E-state index in [1.54, 1.807) is 4.31 Å². The van der Waals surface area contributed by atoms with E-state index < -0.39 is 10.0 Å². The zero-order valence-electron chi connectivity index (χ0n) is 15.1. The lowest BCUT2D eigenvalue weighted by atomic mass is 10.1. The highest BCUT2D eigenvalue weighted by Gasteiger charge is 2.32. The van der Waals surface area contributed by atoms with Crippen molar-refractivity contribution in [3.63, 3.8) is 0 Å². The van der Waals surface area contributed by atoms with E-state index in [-0.39, 0.29) is 6.04 Å². The highest BCUT2D eigenvalue weighted by Crippen LogP contribution is 2.17. The van der Waals surface area contributed by atoms with Crippen LogP contribution in [0.25, 0.3) is 0 Å². The zero-order valence-corrected chi connectivity index (χ0v) is 15.9. The van der Waals surface area contributed by atoms with Gasteiger partial charge >= 0.3 is 0 Å². The SMILES string of the molecule is CS(=O)(=O)N1CCN(Cc2ccccc2)CC1COCc1ccccc1. The van der Waals surface area contributed by atoms with Crippen LogP contribution in [0.3, 0.4) is 0 Å². The summed E-state index contributed by atoms with van der Waals surface area (Å²) in [6.45, 7) is 3.63. The van der Waals surface area contributed by atoms with Crippen LogP contribution in [0.5, 0.6) is 0 Å². The Bertz CT molecular complexity index is 781. The van der Waals surface area contributed by atoms with Gasteiger partial charge in [0.05, 0.1) is 25.5 Å². The molecule has 0 saturated carbocycles. The minimum Gasteiger partial charge on any atom is -0.375 e. The van der Waals surface area contributed by atoms with Crippen LogP contribution in [-0.2, 0) is 27.9 Å². The lowest BCUT2D eigenvalue weighted by Crippen LogP contribution is -2.56. The van der Waals surface area contributed by atoms with Gasteiger partial charge in [-0.1, -0.05) is 60.7 Å². The van der Waals surface area contributed by atoms with Gasteiger partial charge < -0.3 is 4.74 Å². The zero-order chi connectivity index (χ0) is 18.4. The Labute approximate surface area is 156 Å². The minimum absolute atomic E-state index is 0.161. The molecule has 1 unspecified atom stereocenters. The molecule has 1 atom stereocenters. The highest BCUT2D eigenvalue weighted by molar-refractivity contribution is 7.88. The third kappa shape index (κ3) is 5.38. The topological polar surface area (TPSA) is 49.9 Å². The van der Waals surface area contributed by atoms with E-state index in [4.69, 9.17) is 4.74 Å². The second-order valence-corrected chi connectivity index (χ2v) is 8.68. The minimum atomic E-state index is -3.24. The molecule has 5 nitrogen and oxygen atoms in total. The van der Waals surface area contributed by atoms with Crippen molar-refractivity contribution in [1.82, 2.24) is 9.21 Å². The van der Waals surface area contributed by atoms with Gasteiger partial charge in [-0.05, 0) is 11.1 Å². The van der Waals surface area contributed by atoms with E-state index in [9.17, 15) is 8.42 Å². The Balaban J connectivity index is 1.61. The Kier molecular flexibility index (Phi) is 6.43. The van der Waals surface area contributed by atoms with Crippen molar-refractivity contribution in [3.05, 3.63) is 71.8 Å². The maximum Gasteiger partial charge on any atom is 0.211 e. The van der Waals surface area contributed by atoms with Gasteiger partial charge in [0.25, 0.3) is 0 Å². The summed E-state index contributed by atoms with van der Waals surface area (Å²) in [7, 11) is -3.24. The number of benzene rings is 2. The fourth-order valence-corrected chi connectivity index (χ4v) is 4.43. The predicted molar refractivity (Wildman–Crippen MR) is 103 cm³/mol. The molecular weight excluding hydrogens is 348 g/mol. The molecular formula is C20H26N2O3S. The molecule has 0 aromatic heterocycles. The summed E-state index contributed by atoms with van der Waals surface area (Å²) in [5.41, 5.74) is 2.33. The molecule has 3 rings (SSSR count). The van der Waals surface area contributed by atoms with Crippen LogP contribution in [0.2, 0.25) is 0 Å². The third-order valence-electron chi connectivity index (χ3n) is 4.61. The summed E-state index contributed by atoms with van der Waals surface area (Å²) in [6, 6.07) is 20.1. The largest absolute Gasteiger partial charge is 0.375 e. The van der Waals surface area contributed by atoms with E-state index in [0.717, 1.165) is 18.7 Å². The molecule has 0 aliphatic carbocycles. The fourth-order valence-electron chi connectivity index (χ4n) is 3.35. The number of hydrogen-bond acceptors (Lipinski definition) is 4. The van der Waals surface area contributed by atoms with Gasteiger partial charge in [-0.3, -0.25) is 4.90 Å². The lowest BCUT2D eigenvalue weighted by Gasteiger charge is -2.39. The van der Waals surface area contributed by atoms with Gasteiger partial charge in [0.1, 0.15) is 0 Å². The predicted octanol–water partition coefficient (Wildman–Crippen LogP) is 2.35. The van der Waals surface area contributed by atoms with E-state index in [1.807, 2.05) is 48.5 Å². The number of nitrogens with zero attached hydrogens (tertiary/aromatic N) is 2. The standard InChI is InChI=1S/C20H26N2O3S/c1-26(23,24)22-13-12-21(14-18-8-4-2-5-9-18)15-20(22)17-25-16-19-10-6-3-7-11-19/h2-11,20H,12-17H2,1H3. The monoisotopic (exact) mass is 374 g/mol. The average molecular weight is 375 g/mol. The molecule has 0 N–H and O–H groups in total. The van der Waals surface area contributed by atoms with E-state index in [1.165, 1.54) is 11.8 Å². The quantitative estimate of drug-likeness (QED) is 0.747. The maximum absolute atomic E-state index is 12.1. The van der Waals surface area contributed by atoms with Gasteiger partial charge in [-0.25, -0.2) is 8.42 Å². The molecule has 6 heteroatoms. The van der Waals surface area contributed by atoms with Gasteiger partial charge in [0, 0.05) is 26.2 Å². The summed E-state index contributed by atoms with van der Waals surface area (Å²) >= 11 is 0. The average Bonchev–Trinajstić information content (AvgIpc) is 2.63. The van der Waals surface area contributed by atoms with Crippen molar-refractivity contribution >= 4 is 10.0 Å². The van der Waals surface area contributed by atoms with Crippen molar-refractivity contribution in [2.75, 3.05) is 32.5 Å². The van der Waals surface area contributed by atoms with E-state index in [0.29, 0.717) is 26.3 Å². The molecule has 1 aliphatic heterocycles. The first-order valence-electron chi connectivity index (χ1n) is 8.87. The molecule has 2 aromatic carbocycles. The number of hydrogen-bond donors (Lipinski definition) is 0. The van der Waals surface area contributed by atoms with Gasteiger partial charge in [0.15, 0.2) is 0 Å². The van der Waals surface area contributed by atoms with Crippen molar-refractivity contribution < 1.29 is 13.2 Å². The summed E-state index contributed by atoms with van der Waals surface area (Å²) in [6.07, 6.45) is 1.28. The van der Waals surface area contributed by atoms with E-state index >= 15 is 0 Å². The van der Waals surface area contributed by atoms with Gasteiger partial charge in [-0.2, -0.15) is 4.31 Å². The number of piperazine rings is 1. The molecule has 1 aliphatic rings. The Morgan fingerprint density at radius 1 is 0.962 bits per heavy atom. The van der Waals surface area contributed by atoms with Crippen molar-refractivity contribution in [3.8, 4) is 0 Å². The van der Waals surface area contributed by atoms with Crippen molar-refractivity contribution in [2.24, 2.45) is 0 Å². The summed E-state index contributed by atoms with van der Waals surface area (Å²) in [5.74, 6) is 0. The molecule has 0 bridgehead atoms. The third-order valence-corrected chi connectivity index (χ3v) is 5.94. The van der Waals surface area contributed by atoms with Crippen LogP contribution in [-0.4, -0.2) is 56.2 Å². The fraction of sp³-hybridized carbons (Fsp3) is 0.400. The van der Waals surface area contributed by atoms with Crippen LogP contribution >= 0.6 is 0 Å². The normalized spacial score (nSPS) is 19.5. The maximum atomic E-state index is 12.1. The molecule has 140 valence electrons. The first kappa shape index (κ1) is 19.0. The number of rotatable bonds is 7. The second kappa shape index (κ2) is 8.77. The molecule has 2 aromatic rings. The molecule has 0 amide bonds. The van der Waals surface area contributed by atoms with Crippen molar-refractivity contribution in [1.29, 1.82) is 0 Å². The van der Waals surface area contributed by atoms with Crippen LogP contribution < -0.4 is 0 Å². The van der Waals surface area contributed by atoms with Gasteiger partial charge in [0.2, 0.25) is 10.0 Å². The second-order valence-electron chi connectivity index (χ2n) is 6.75. The highest BCUT2D eigenvalue weighted by atomic mass is 32.2. The first-order valence-corrected chi connectivity index (χ1v) is 10.7. The molecule has 1 saturated heterocycles. The smallest absolute Gasteiger partial charge is 0.211 e. The number of ether oxygens (including phenoxy) is 1. The van der Waals surface area contributed by atoms with E-state index in [2.05, 4.69) is 17.0 Å². The lowest BCUT2D eigenvalue weighted by molar-refractivity contribution is 0.0369.